The van der Waals surface area contributed by atoms with Gasteiger partial charge in [0.15, 0.2) is 0 Å². The van der Waals surface area contributed by atoms with Crippen molar-refractivity contribution in [2.75, 3.05) is 12.2 Å². The summed E-state index contributed by atoms with van der Waals surface area (Å²) >= 11 is 0. The minimum Gasteiger partial charge on any atom is -0.293 e. The Kier molecular flexibility index (Phi) is 2.43. The highest BCUT2D eigenvalue weighted by molar-refractivity contribution is 5.41. The molecule has 0 bridgehead atoms. The Balaban J connectivity index is 2.77. The van der Waals surface area contributed by atoms with Crippen LogP contribution in [0, 0.1) is 0 Å². The summed E-state index contributed by atoms with van der Waals surface area (Å²) in [4.78, 5) is 0. The number of hydrazine groups is 1. The second-order valence-electron chi connectivity index (χ2n) is 2.11. The maximum Gasteiger partial charge on any atom is 0.0846 e. The molecule has 0 aromatic heterocycles. The molecule has 0 saturated carbocycles. The van der Waals surface area contributed by atoms with Crippen molar-refractivity contribution in [2.24, 2.45) is 0 Å². The first-order valence-corrected chi connectivity index (χ1v) is 3.18. The molecule has 0 spiro atoms. The first kappa shape index (κ1) is 8.00. The van der Waals surface area contributed by atoms with Crippen molar-refractivity contribution in [3.8, 4) is 0 Å². The molecule has 0 atom stereocenters. The van der Waals surface area contributed by atoms with Crippen molar-refractivity contribution in [1.82, 2.24) is 5.17 Å². The summed E-state index contributed by atoms with van der Waals surface area (Å²) in [6.45, 7) is 0. The summed E-state index contributed by atoms with van der Waals surface area (Å²) in [5.74, 6) is 0. The Morgan fingerprint density at radius 2 is 1.64 bits per heavy atom. The summed E-state index contributed by atoms with van der Waals surface area (Å²) in [5.41, 5.74) is 0.512. The molecule has 60 valence electrons. The molecular formula is C7H10N2O2. The highest BCUT2D eigenvalue weighted by Crippen LogP contribution is 2.10. The first-order valence-electron chi connectivity index (χ1n) is 3.18. The number of benzene rings is 1. The summed E-state index contributed by atoms with van der Waals surface area (Å²) in [7, 11) is 1.33. The summed E-state index contributed by atoms with van der Waals surface area (Å²) in [6.07, 6.45) is 0. The fraction of sp³-hybridized carbons (Fsp3) is 0.143. The molecule has 11 heavy (non-hydrogen) atoms. The monoisotopic (exact) mass is 154 g/mol. The maximum absolute atomic E-state index is 9.11. The number of hydrogen-bond acceptors (Lipinski definition) is 4. The van der Waals surface area contributed by atoms with E-state index in [4.69, 9.17) is 10.4 Å². The lowest BCUT2D eigenvalue weighted by atomic mass is 10.3. The van der Waals surface area contributed by atoms with Crippen molar-refractivity contribution in [3.63, 3.8) is 0 Å². The topological polar surface area (TPSA) is 46.9 Å². The van der Waals surface area contributed by atoms with Crippen LogP contribution in [0.15, 0.2) is 30.3 Å². The quantitative estimate of drug-likeness (QED) is 0.626. The summed E-state index contributed by atoms with van der Waals surface area (Å²) in [5, 5.41) is 19.1. The molecule has 1 aromatic carbocycles. The fourth-order valence-electron chi connectivity index (χ4n) is 0.728. The van der Waals surface area contributed by atoms with Gasteiger partial charge in [0.1, 0.15) is 0 Å². The Morgan fingerprint density at radius 1 is 1.09 bits per heavy atom. The zero-order chi connectivity index (χ0) is 8.27. The zero-order valence-corrected chi connectivity index (χ0v) is 6.18. The summed E-state index contributed by atoms with van der Waals surface area (Å²) in [6, 6.07) is 8.71. The van der Waals surface area contributed by atoms with Gasteiger partial charge >= 0.3 is 0 Å². The van der Waals surface area contributed by atoms with E-state index in [0.29, 0.717) is 16.0 Å². The highest BCUT2D eigenvalue weighted by atomic mass is 16.7. The number of hydroxylamine groups is 1. The highest BCUT2D eigenvalue weighted by Gasteiger charge is 2.03. The number of rotatable bonds is 2. The Bertz CT molecular complexity index is 213. The smallest absolute Gasteiger partial charge is 0.0846 e. The number of nitrogens with zero attached hydrogens (tertiary/aromatic N) is 2. The van der Waals surface area contributed by atoms with Gasteiger partial charge in [0.2, 0.25) is 0 Å². The van der Waals surface area contributed by atoms with E-state index in [9.17, 15) is 0 Å². The van der Waals surface area contributed by atoms with E-state index in [2.05, 4.69) is 0 Å². The minimum absolute atomic E-state index is 0.512. The van der Waals surface area contributed by atoms with Crippen molar-refractivity contribution in [3.05, 3.63) is 30.3 Å². The molecule has 4 nitrogen and oxygen atoms in total. The normalized spacial score (nSPS) is 10.2. The van der Waals surface area contributed by atoms with Crippen LogP contribution in [0.2, 0.25) is 0 Å². The molecule has 0 aliphatic heterocycles. The van der Waals surface area contributed by atoms with Crippen molar-refractivity contribution < 1.29 is 10.4 Å². The van der Waals surface area contributed by atoms with Crippen LogP contribution >= 0.6 is 0 Å². The third kappa shape index (κ3) is 1.91. The maximum atomic E-state index is 9.11. The SMILES string of the molecule is CN(O)N(O)c1ccccc1. The van der Waals surface area contributed by atoms with E-state index in [1.54, 1.807) is 24.3 Å². The van der Waals surface area contributed by atoms with Crippen LogP contribution in [0.25, 0.3) is 0 Å². The van der Waals surface area contributed by atoms with Gasteiger partial charge in [-0.25, -0.2) is 0 Å². The van der Waals surface area contributed by atoms with Gasteiger partial charge < -0.3 is 0 Å². The third-order valence-corrected chi connectivity index (χ3v) is 1.26. The molecule has 0 fully saturated rings. The van der Waals surface area contributed by atoms with Crippen LogP contribution in [0.5, 0.6) is 0 Å². The lowest BCUT2D eigenvalue weighted by Gasteiger charge is -2.20. The number of para-hydroxylation sites is 1. The number of anilines is 1. The van der Waals surface area contributed by atoms with Crippen LogP contribution in [0.4, 0.5) is 5.69 Å². The van der Waals surface area contributed by atoms with E-state index in [0.717, 1.165) is 0 Å². The minimum atomic E-state index is 0.512. The Morgan fingerprint density at radius 3 is 2.09 bits per heavy atom. The Labute approximate surface area is 64.8 Å². The van der Waals surface area contributed by atoms with Gasteiger partial charge in [0.05, 0.1) is 5.69 Å². The van der Waals surface area contributed by atoms with E-state index in [1.165, 1.54) is 7.05 Å². The van der Waals surface area contributed by atoms with Crippen LogP contribution in [0.3, 0.4) is 0 Å². The van der Waals surface area contributed by atoms with E-state index in [1.807, 2.05) is 6.07 Å². The van der Waals surface area contributed by atoms with Crippen molar-refractivity contribution in [2.45, 2.75) is 0 Å². The van der Waals surface area contributed by atoms with Gasteiger partial charge in [0, 0.05) is 7.05 Å². The molecule has 1 aromatic rings. The zero-order valence-electron chi connectivity index (χ0n) is 6.18. The van der Waals surface area contributed by atoms with Crippen LogP contribution in [0.1, 0.15) is 0 Å². The molecule has 0 radical (unpaired) electrons. The lowest BCUT2D eigenvalue weighted by Crippen LogP contribution is -2.34. The Hall–Kier alpha value is -1.10. The molecule has 0 amide bonds. The van der Waals surface area contributed by atoms with E-state index < -0.39 is 0 Å². The predicted molar refractivity (Wildman–Crippen MR) is 40.3 cm³/mol. The van der Waals surface area contributed by atoms with Crippen molar-refractivity contribution >= 4 is 5.69 Å². The second-order valence-corrected chi connectivity index (χ2v) is 2.11. The molecule has 0 unspecified atom stereocenters. The standard InChI is InChI=1S/C7H10N2O2/c1-8(10)9(11)7-5-3-2-4-6-7/h2-6,10-11H,1H3. The van der Waals surface area contributed by atoms with Gasteiger partial charge in [-0.2, -0.15) is 5.17 Å². The van der Waals surface area contributed by atoms with Crippen LogP contribution in [-0.2, 0) is 0 Å². The largest absolute Gasteiger partial charge is 0.293 e. The van der Waals surface area contributed by atoms with E-state index >= 15 is 0 Å². The second kappa shape index (κ2) is 3.34. The number of hydrogen-bond donors (Lipinski definition) is 2. The van der Waals surface area contributed by atoms with Crippen LogP contribution < -0.4 is 5.17 Å². The lowest BCUT2D eigenvalue weighted by molar-refractivity contribution is -0.142. The van der Waals surface area contributed by atoms with E-state index in [-0.39, 0.29) is 0 Å². The molecular weight excluding hydrogens is 144 g/mol. The van der Waals surface area contributed by atoms with Crippen LogP contribution in [-0.4, -0.2) is 22.6 Å². The third-order valence-electron chi connectivity index (χ3n) is 1.26. The fourth-order valence-corrected chi connectivity index (χ4v) is 0.728. The van der Waals surface area contributed by atoms with Gasteiger partial charge in [-0.15, -0.1) is 0 Å². The van der Waals surface area contributed by atoms with Gasteiger partial charge in [-0.3, -0.25) is 10.4 Å². The molecule has 0 heterocycles. The average Bonchev–Trinajstić information content (AvgIpc) is 2.05. The summed E-state index contributed by atoms with van der Waals surface area (Å²) < 4.78 is 0. The predicted octanol–water partition coefficient (Wildman–Crippen LogP) is 1.12. The van der Waals surface area contributed by atoms with Crippen molar-refractivity contribution in [1.29, 1.82) is 0 Å². The molecule has 0 aliphatic carbocycles. The average molecular weight is 154 g/mol. The molecule has 4 heteroatoms. The molecule has 1 rings (SSSR count). The molecule has 0 aliphatic rings. The molecule has 0 saturated heterocycles. The van der Waals surface area contributed by atoms with Gasteiger partial charge in [-0.1, -0.05) is 23.4 Å². The van der Waals surface area contributed by atoms with Gasteiger partial charge in [0.25, 0.3) is 0 Å². The first-order chi connectivity index (χ1) is 5.22. The molecule has 2 N–H and O–H groups in total. The van der Waals surface area contributed by atoms with Gasteiger partial charge in [-0.05, 0) is 12.1 Å².